The Hall–Kier alpha value is -2.34. The van der Waals surface area contributed by atoms with E-state index < -0.39 is 12.0 Å². The van der Waals surface area contributed by atoms with Crippen LogP contribution in [0.2, 0.25) is 5.02 Å². The van der Waals surface area contributed by atoms with Gasteiger partial charge in [0.15, 0.2) is 5.69 Å². The van der Waals surface area contributed by atoms with Crippen molar-refractivity contribution in [3.05, 3.63) is 46.7 Å². The number of aromatic nitrogens is 2. The number of carboxylic acid groups (broad SMARTS) is 1. The largest absolute Gasteiger partial charge is 0.480 e. The van der Waals surface area contributed by atoms with Gasteiger partial charge >= 0.3 is 5.97 Å². The molecule has 126 valence electrons. The molecule has 1 aliphatic rings. The van der Waals surface area contributed by atoms with Crippen LogP contribution in [-0.4, -0.2) is 43.7 Å². The van der Waals surface area contributed by atoms with E-state index in [4.69, 9.17) is 11.6 Å². The highest BCUT2D eigenvalue weighted by Gasteiger charge is 2.39. The monoisotopic (exact) mass is 347 g/mol. The first kappa shape index (κ1) is 16.5. The van der Waals surface area contributed by atoms with E-state index in [1.54, 1.807) is 22.9 Å². The zero-order valence-electron chi connectivity index (χ0n) is 13.4. The highest BCUT2D eigenvalue weighted by molar-refractivity contribution is 6.30. The molecule has 0 aliphatic heterocycles. The third-order valence-corrected chi connectivity index (χ3v) is 4.34. The molecule has 2 aromatic rings. The number of benzene rings is 1. The summed E-state index contributed by atoms with van der Waals surface area (Å²) in [6, 6.07) is 7.96. The van der Waals surface area contributed by atoms with E-state index in [0.29, 0.717) is 5.02 Å². The van der Waals surface area contributed by atoms with Gasteiger partial charge in [-0.05, 0) is 51.0 Å². The molecule has 0 bridgehead atoms. The van der Waals surface area contributed by atoms with Crippen LogP contribution >= 0.6 is 11.6 Å². The summed E-state index contributed by atoms with van der Waals surface area (Å²) in [6.07, 6.45) is 1.66. The fraction of sp³-hybridized carbons (Fsp3) is 0.353. The third kappa shape index (κ3) is 3.14. The van der Waals surface area contributed by atoms with E-state index in [0.717, 1.165) is 24.2 Å². The van der Waals surface area contributed by atoms with Gasteiger partial charge in [-0.25, -0.2) is 9.48 Å². The lowest BCUT2D eigenvalue weighted by Crippen LogP contribution is -2.44. The molecule has 0 saturated heterocycles. The number of nitrogens with zero attached hydrogens (tertiary/aromatic N) is 3. The van der Waals surface area contributed by atoms with Crippen molar-refractivity contribution in [2.24, 2.45) is 0 Å². The fourth-order valence-corrected chi connectivity index (χ4v) is 2.89. The van der Waals surface area contributed by atoms with Crippen molar-refractivity contribution in [3.8, 4) is 5.69 Å². The average molecular weight is 348 g/mol. The second-order valence-electron chi connectivity index (χ2n) is 6.02. The first-order chi connectivity index (χ1) is 11.4. The van der Waals surface area contributed by atoms with Crippen LogP contribution in [-0.2, 0) is 4.79 Å². The quantitative estimate of drug-likeness (QED) is 0.902. The highest BCUT2D eigenvalue weighted by Crippen LogP contribution is 2.30. The number of aliphatic carboxylic acids is 1. The molecule has 0 spiro atoms. The van der Waals surface area contributed by atoms with Gasteiger partial charge in [-0.2, -0.15) is 5.10 Å². The van der Waals surface area contributed by atoms with Crippen molar-refractivity contribution in [2.75, 3.05) is 0 Å². The Morgan fingerprint density at radius 3 is 2.67 bits per heavy atom. The van der Waals surface area contributed by atoms with E-state index in [9.17, 15) is 14.7 Å². The molecule has 1 atom stereocenters. The van der Waals surface area contributed by atoms with Gasteiger partial charge < -0.3 is 10.0 Å². The zero-order valence-corrected chi connectivity index (χ0v) is 14.2. The maximum Gasteiger partial charge on any atom is 0.326 e. The van der Waals surface area contributed by atoms with Crippen molar-refractivity contribution < 1.29 is 14.7 Å². The van der Waals surface area contributed by atoms with Gasteiger partial charge in [0.05, 0.1) is 5.69 Å². The summed E-state index contributed by atoms with van der Waals surface area (Å²) >= 11 is 6.01. The Bertz CT molecular complexity index is 798. The van der Waals surface area contributed by atoms with Crippen molar-refractivity contribution >= 4 is 23.5 Å². The van der Waals surface area contributed by atoms with E-state index in [2.05, 4.69) is 5.10 Å². The normalized spacial score (nSPS) is 15.1. The molecular formula is C17H18ClN3O3. The number of carboxylic acids is 1. The molecule has 1 heterocycles. The fourth-order valence-electron chi connectivity index (χ4n) is 2.71. The third-order valence-electron chi connectivity index (χ3n) is 4.11. The van der Waals surface area contributed by atoms with Crippen molar-refractivity contribution in [1.82, 2.24) is 14.7 Å². The second-order valence-corrected chi connectivity index (χ2v) is 6.46. The van der Waals surface area contributed by atoms with Gasteiger partial charge in [-0.15, -0.1) is 0 Å². The van der Waals surface area contributed by atoms with E-state index in [1.807, 2.05) is 19.1 Å². The van der Waals surface area contributed by atoms with Crippen LogP contribution in [0, 0.1) is 6.92 Å². The number of hydrogen-bond acceptors (Lipinski definition) is 3. The van der Waals surface area contributed by atoms with Crippen LogP contribution in [0.5, 0.6) is 0 Å². The molecule has 7 heteroatoms. The summed E-state index contributed by atoms with van der Waals surface area (Å²) in [7, 11) is 0. The molecule has 6 nitrogen and oxygen atoms in total. The molecule has 1 amide bonds. The molecule has 3 rings (SSSR count). The van der Waals surface area contributed by atoms with Crippen molar-refractivity contribution in [2.45, 2.75) is 38.8 Å². The number of rotatable bonds is 5. The van der Waals surface area contributed by atoms with Crippen LogP contribution in [0.4, 0.5) is 0 Å². The smallest absolute Gasteiger partial charge is 0.326 e. The number of halogens is 1. The summed E-state index contributed by atoms with van der Waals surface area (Å²) in [5, 5.41) is 14.2. The summed E-state index contributed by atoms with van der Waals surface area (Å²) in [6.45, 7) is 3.37. The number of aryl methyl sites for hydroxylation is 1. The Morgan fingerprint density at radius 1 is 1.38 bits per heavy atom. The van der Waals surface area contributed by atoms with Gasteiger partial charge in [0.2, 0.25) is 0 Å². The Morgan fingerprint density at radius 2 is 2.08 bits per heavy atom. The first-order valence-corrected chi connectivity index (χ1v) is 8.14. The molecule has 1 aliphatic carbocycles. The second kappa shape index (κ2) is 6.28. The number of hydrogen-bond donors (Lipinski definition) is 1. The lowest BCUT2D eigenvalue weighted by atomic mass is 10.2. The van der Waals surface area contributed by atoms with Crippen LogP contribution in [0.25, 0.3) is 5.69 Å². The summed E-state index contributed by atoms with van der Waals surface area (Å²) in [5.41, 5.74) is 1.77. The standard InChI is InChI=1S/C17H18ClN3O3/c1-10-8-15(19-21(10)14-5-3-4-12(18)9-14)16(22)20(13-6-7-13)11(2)17(23)24/h3-5,8-9,11,13H,6-7H2,1-2H3,(H,23,24). The Balaban J connectivity index is 1.93. The molecule has 1 fully saturated rings. The predicted octanol–water partition coefficient (Wildman–Crippen LogP) is 2.91. The van der Waals surface area contributed by atoms with Crippen molar-refractivity contribution in [3.63, 3.8) is 0 Å². The van der Waals surface area contributed by atoms with Crippen LogP contribution in [0.1, 0.15) is 35.9 Å². The Labute approximate surface area is 144 Å². The minimum absolute atomic E-state index is 0.0137. The average Bonchev–Trinajstić information content (AvgIpc) is 3.28. The highest BCUT2D eigenvalue weighted by atomic mass is 35.5. The lowest BCUT2D eigenvalue weighted by molar-refractivity contribution is -0.141. The number of carbonyl (C=O) groups is 2. The van der Waals surface area contributed by atoms with E-state index in [-0.39, 0.29) is 17.6 Å². The van der Waals surface area contributed by atoms with E-state index >= 15 is 0 Å². The molecule has 1 saturated carbocycles. The molecule has 1 unspecified atom stereocenters. The SMILES string of the molecule is Cc1cc(C(=O)N(C2CC2)C(C)C(=O)O)nn1-c1cccc(Cl)c1. The first-order valence-electron chi connectivity index (χ1n) is 7.76. The van der Waals surface area contributed by atoms with Gasteiger partial charge in [-0.3, -0.25) is 4.79 Å². The lowest BCUT2D eigenvalue weighted by Gasteiger charge is -2.25. The molecular weight excluding hydrogens is 330 g/mol. The summed E-state index contributed by atoms with van der Waals surface area (Å²) in [5.74, 6) is -1.36. The number of carbonyl (C=O) groups excluding carboxylic acids is 1. The molecule has 0 radical (unpaired) electrons. The van der Waals surface area contributed by atoms with Gasteiger partial charge in [-0.1, -0.05) is 17.7 Å². The molecule has 1 aromatic carbocycles. The molecule has 1 N–H and O–H groups in total. The van der Waals surface area contributed by atoms with Crippen LogP contribution < -0.4 is 0 Å². The van der Waals surface area contributed by atoms with Gasteiger partial charge in [0, 0.05) is 16.8 Å². The van der Waals surface area contributed by atoms with Crippen LogP contribution in [0.15, 0.2) is 30.3 Å². The zero-order chi connectivity index (χ0) is 17.4. The number of amides is 1. The van der Waals surface area contributed by atoms with Crippen molar-refractivity contribution in [1.29, 1.82) is 0 Å². The minimum Gasteiger partial charge on any atom is -0.480 e. The van der Waals surface area contributed by atoms with Gasteiger partial charge in [0.1, 0.15) is 6.04 Å². The van der Waals surface area contributed by atoms with E-state index in [1.165, 1.54) is 11.8 Å². The maximum absolute atomic E-state index is 12.8. The Kier molecular flexibility index (Phi) is 4.32. The minimum atomic E-state index is -1.01. The molecule has 24 heavy (non-hydrogen) atoms. The summed E-state index contributed by atoms with van der Waals surface area (Å²) < 4.78 is 1.63. The predicted molar refractivity (Wildman–Crippen MR) is 89.6 cm³/mol. The van der Waals surface area contributed by atoms with Gasteiger partial charge in [0.25, 0.3) is 5.91 Å². The molecule has 1 aromatic heterocycles. The maximum atomic E-state index is 12.8. The summed E-state index contributed by atoms with van der Waals surface area (Å²) in [4.78, 5) is 25.5. The topological polar surface area (TPSA) is 75.4 Å². The van der Waals surface area contributed by atoms with Crippen LogP contribution in [0.3, 0.4) is 0 Å².